The third-order valence-corrected chi connectivity index (χ3v) is 4.08. The zero-order valence-electron chi connectivity index (χ0n) is 11.4. The summed E-state index contributed by atoms with van der Waals surface area (Å²) in [4.78, 5) is 4.92. The highest BCUT2D eigenvalue weighted by atomic mass is 16.4. The minimum absolute atomic E-state index is 0.114. The van der Waals surface area contributed by atoms with Crippen molar-refractivity contribution >= 4 is 5.84 Å². The lowest BCUT2D eigenvalue weighted by molar-refractivity contribution is 0.109. The van der Waals surface area contributed by atoms with Gasteiger partial charge in [-0.25, -0.2) is 0 Å². The molecular weight excluding hydrogens is 228 g/mol. The first-order chi connectivity index (χ1) is 8.74. The maximum Gasteiger partial charge on any atom is 0.156 e. The van der Waals surface area contributed by atoms with Gasteiger partial charge in [0.05, 0.1) is 6.04 Å². The van der Waals surface area contributed by atoms with Gasteiger partial charge in [0.1, 0.15) is 0 Å². The smallest absolute Gasteiger partial charge is 0.156 e. The second kappa shape index (κ2) is 6.38. The lowest BCUT2D eigenvalue weighted by Gasteiger charge is -2.38. The quantitative estimate of drug-likeness (QED) is 0.320. The molecule has 5 heteroatoms. The zero-order valence-corrected chi connectivity index (χ0v) is 11.4. The van der Waals surface area contributed by atoms with Crippen LogP contribution in [-0.4, -0.2) is 59.6 Å². The van der Waals surface area contributed by atoms with Gasteiger partial charge in [-0.1, -0.05) is 18.5 Å². The number of hydrogen-bond acceptors (Lipinski definition) is 4. The van der Waals surface area contributed by atoms with E-state index in [-0.39, 0.29) is 6.04 Å². The Kier molecular flexibility index (Phi) is 4.83. The minimum Gasteiger partial charge on any atom is -0.409 e. The molecule has 0 radical (unpaired) electrons. The number of piperazine rings is 1. The lowest BCUT2D eigenvalue weighted by Crippen LogP contribution is -2.54. The molecule has 1 aliphatic heterocycles. The Labute approximate surface area is 110 Å². The van der Waals surface area contributed by atoms with Crippen molar-refractivity contribution in [3.8, 4) is 0 Å². The van der Waals surface area contributed by atoms with Crippen LogP contribution in [0.2, 0.25) is 0 Å². The van der Waals surface area contributed by atoms with Gasteiger partial charge in [0, 0.05) is 32.7 Å². The Bertz CT molecular complexity index is 283. The topological polar surface area (TPSA) is 65.1 Å². The summed E-state index contributed by atoms with van der Waals surface area (Å²) in [5.74, 6) is 1.33. The molecule has 0 amide bonds. The van der Waals surface area contributed by atoms with Crippen molar-refractivity contribution in [1.29, 1.82) is 0 Å². The molecule has 2 aliphatic rings. The largest absolute Gasteiger partial charge is 0.409 e. The molecule has 3 N–H and O–H groups in total. The summed E-state index contributed by atoms with van der Waals surface area (Å²) < 4.78 is 0. The number of rotatable bonds is 6. The Balaban J connectivity index is 1.81. The van der Waals surface area contributed by atoms with E-state index in [1.165, 1.54) is 19.4 Å². The van der Waals surface area contributed by atoms with Crippen molar-refractivity contribution in [2.45, 2.75) is 38.6 Å². The molecule has 0 aromatic rings. The molecule has 0 aromatic heterocycles. The molecule has 0 aromatic carbocycles. The van der Waals surface area contributed by atoms with Gasteiger partial charge in [0.2, 0.25) is 0 Å². The van der Waals surface area contributed by atoms with Crippen molar-refractivity contribution in [2.75, 3.05) is 32.7 Å². The van der Waals surface area contributed by atoms with E-state index in [4.69, 9.17) is 10.9 Å². The molecule has 1 unspecified atom stereocenters. The van der Waals surface area contributed by atoms with Crippen LogP contribution in [0.1, 0.15) is 32.6 Å². The zero-order chi connectivity index (χ0) is 13.0. The molecule has 1 saturated carbocycles. The van der Waals surface area contributed by atoms with Crippen LogP contribution in [0.4, 0.5) is 0 Å². The standard InChI is InChI=1S/C13H26N4O/c1-2-3-12(13(14)15-18)17-8-6-16(7-9-17)10-11-4-5-11/h11-12,18H,2-10H2,1H3,(H2,14,15). The van der Waals surface area contributed by atoms with Gasteiger partial charge in [-0.05, 0) is 25.2 Å². The highest BCUT2D eigenvalue weighted by Gasteiger charge is 2.29. The van der Waals surface area contributed by atoms with Gasteiger partial charge >= 0.3 is 0 Å². The number of nitrogens with two attached hydrogens (primary N) is 1. The molecule has 1 atom stereocenters. The van der Waals surface area contributed by atoms with Crippen LogP contribution in [0.25, 0.3) is 0 Å². The average molecular weight is 254 g/mol. The molecule has 1 aliphatic carbocycles. The van der Waals surface area contributed by atoms with E-state index in [9.17, 15) is 0 Å². The van der Waals surface area contributed by atoms with Crippen molar-refractivity contribution in [3.63, 3.8) is 0 Å². The number of oxime groups is 1. The van der Waals surface area contributed by atoms with Gasteiger partial charge in [-0.15, -0.1) is 0 Å². The van der Waals surface area contributed by atoms with Gasteiger partial charge in [-0.2, -0.15) is 0 Å². The minimum atomic E-state index is 0.114. The Morgan fingerprint density at radius 3 is 2.50 bits per heavy atom. The van der Waals surface area contributed by atoms with Crippen LogP contribution >= 0.6 is 0 Å². The second-order valence-electron chi connectivity index (χ2n) is 5.61. The Morgan fingerprint density at radius 1 is 1.33 bits per heavy atom. The van der Waals surface area contributed by atoms with Crippen molar-refractivity contribution in [1.82, 2.24) is 9.80 Å². The molecule has 2 fully saturated rings. The third kappa shape index (κ3) is 3.59. The molecule has 1 saturated heterocycles. The Morgan fingerprint density at radius 2 is 2.00 bits per heavy atom. The summed E-state index contributed by atoms with van der Waals surface area (Å²) in [6.07, 6.45) is 4.87. The van der Waals surface area contributed by atoms with E-state index in [1.54, 1.807) is 0 Å². The van der Waals surface area contributed by atoms with E-state index in [0.717, 1.165) is 44.9 Å². The summed E-state index contributed by atoms with van der Waals surface area (Å²) in [5.41, 5.74) is 5.80. The van der Waals surface area contributed by atoms with E-state index in [1.807, 2.05) is 0 Å². The van der Waals surface area contributed by atoms with Crippen LogP contribution in [0.3, 0.4) is 0 Å². The fourth-order valence-corrected chi connectivity index (χ4v) is 2.78. The fourth-order valence-electron chi connectivity index (χ4n) is 2.78. The predicted octanol–water partition coefficient (Wildman–Crippen LogP) is 0.929. The predicted molar refractivity (Wildman–Crippen MR) is 72.8 cm³/mol. The number of amidine groups is 1. The summed E-state index contributed by atoms with van der Waals surface area (Å²) >= 11 is 0. The van der Waals surface area contributed by atoms with Crippen LogP contribution in [0.15, 0.2) is 5.16 Å². The summed E-state index contributed by atoms with van der Waals surface area (Å²) in [7, 11) is 0. The number of nitrogens with zero attached hydrogens (tertiary/aromatic N) is 3. The van der Waals surface area contributed by atoms with Gasteiger partial charge in [0.25, 0.3) is 0 Å². The second-order valence-corrected chi connectivity index (χ2v) is 5.61. The van der Waals surface area contributed by atoms with Crippen molar-refractivity contribution < 1.29 is 5.21 Å². The SMILES string of the molecule is CCCC(C(N)=NO)N1CCN(CC2CC2)CC1. The van der Waals surface area contributed by atoms with E-state index < -0.39 is 0 Å². The first-order valence-corrected chi connectivity index (χ1v) is 7.18. The van der Waals surface area contributed by atoms with E-state index in [0.29, 0.717) is 5.84 Å². The summed E-state index contributed by atoms with van der Waals surface area (Å²) in [5, 5.41) is 12.1. The van der Waals surface area contributed by atoms with Gasteiger partial charge in [0.15, 0.2) is 5.84 Å². The molecule has 104 valence electrons. The third-order valence-electron chi connectivity index (χ3n) is 4.08. The molecule has 18 heavy (non-hydrogen) atoms. The van der Waals surface area contributed by atoms with Gasteiger partial charge < -0.3 is 15.8 Å². The maximum absolute atomic E-state index is 8.87. The summed E-state index contributed by atoms with van der Waals surface area (Å²) in [6.45, 7) is 7.73. The van der Waals surface area contributed by atoms with Crippen molar-refractivity contribution in [3.05, 3.63) is 0 Å². The van der Waals surface area contributed by atoms with Crippen LogP contribution < -0.4 is 5.73 Å². The molecular formula is C13H26N4O. The van der Waals surface area contributed by atoms with Crippen LogP contribution in [0.5, 0.6) is 0 Å². The van der Waals surface area contributed by atoms with E-state index >= 15 is 0 Å². The molecule has 2 rings (SSSR count). The van der Waals surface area contributed by atoms with Gasteiger partial charge in [-0.3, -0.25) is 4.90 Å². The fraction of sp³-hybridized carbons (Fsp3) is 0.923. The number of hydrogen-bond donors (Lipinski definition) is 2. The van der Waals surface area contributed by atoms with Crippen LogP contribution in [0, 0.1) is 5.92 Å². The normalized spacial score (nSPS) is 25.3. The highest BCUT2D eigenvalue weighted by molar-refractivity contribution is 5.85. The highest BCUT2D eigenvalue weighted by Crippen LogP contribution is 2.30. The monoisotopic (exact) mass is 254 g/mol. The average Bonchev–Trinajstić information content (AvgIpc) is 3.20. The van der Waals surface area contributed by atoms with E-state index in [2.05, 4.69) is 21.9 Å². The van der Waals surface area contributed by atoms with Crippen molar-refractivity contribution in [2.24, 2.45) is 16.8 Å². The molecule has 5 nitrogen and oxygen atoms in total. The Hall–Kier alpha value is -0.810. The molecule has 0 bridgehead atoms. The first kappa shape index (κ1) is 13.6. The maximum atomic E-state index is 8.87. The first-order valence-electron chi connectivity index (χ1n) is 7.18. The molecule has 0 spiro atoms. The summed E-state index contributed by atoms with van der Waals surface area (Å²) in [6, 6.07) is 0.114. The van der Waals surface area contributed by atoms with Crippen LogP contribution in [-0.2, 0) is 0 Å². The molecule has 1 heterocycles. The lowest BCUT2D eigenvalue weighted by atomic mass is 10.1.